The molecular weight excluding hydrogens is 438 g/mol. The van der Waals surface area contributed by atoms with Gasteiger partial charge in [-0.25, -0.2) is 8.42 Å². The monoisotopic (exact) mass is 465 g/mol. The summed E-state index contributed by atoms with van der Waals surface area (Å²) >= 11 is 1.32. The summed E-state index contributed by atoms with van der Waals surface area (Å²) in [6.45, 7) is 2.95. The minimum absolute atomic E-state index is 0.136. The fraction of sp³-hybridized carbons (Fsp3) is 0.550. The van der Waals surface area contributed by atoms with Crippen molar-refractivity contribution in [3.8, 4) is 5.75 Å². The van der Waals surface area contributed by atoms with Gasteiger partial charge in [-0.05, 0) is 50.8 Å². The molecule has 0 bridgehead atoms. The van der Waals surface area contributed by atoms with E-state index in [0.717, 1.165) is 43.1 Å². The Morgan fingerprint density at radius 2 is 1.97 bits per heavy atom. The molecule has 1 saturated carbocycles. The minimum atomic E-state index is -3.61. The van der Waals surface area contributed by atoms with Crippen molar-refractivity contribution in [3.63, 3.8) is 0 Å². The van der Waals surface area contributed by atoms with E-state index in [4.69, 9.17) is 4.74 Å². The molecule has 2 fully saturated rings. The first kappa shape index (κ1) is 22.1. The van der Waals surface area contributed by atoms with E-state index in [0.29, 0.717) is 30.6 Å². The van der Waals surface area contributed by atoms with E-state index < -0.39 is 10.0 Å². The minimum Gasteiger partial charge on any atom is -0.495 e. The number of anilines is 1. The largest absolute Gasteiger partial charge is 0.495 e. The number of methoxy groups -OCH3 is 1. The molecule has 11 heteroatoms. The second-order valence-corrected chi connectivity index (χ2v) is 10.7. The Morgan fingerprint density at radius 3 is 2.65 bits per heavy atom. The van der Waals surface area contributed by atoms with Crippen LogP contribution in [0.25, 0.3) is 0 Å². The number of thioether (sulfide) groups is 1. The zero-order valence-electron chi connectivity index (χ0n) is 17.7. The van der Waals surface area contributed by atoms with Crippen LogP contribution in [0.3, 0.4) is 0 Å². The second-order valence-electron chi connectivity index (χ2n) is 7.79. The first-order valence-corrected chi connectivity index (χ1v) is 12.8. The van der Waals surface area contributed by atoms with Crippen LogP contribution in [-0.4, -0.2) is 59.3 Å². The van der Waals surface area contributed by atoms with Crippen LogP contribution in [0.1, 0.15) is 44.0 Å². The molecule has 31 heavy (non-hydrogen) atoms. The zero-order valence-corrected chi connectivity index (χ0v) is 19.3. The second kappa shape index (κ2) is 9.17. The smallest absolute Gasteiger partial charge is 0.243 e. The Kier molecular flexibility index (Phi) is 6.54. The maximum atomic E-state index is 13.0. The molecule has 1 saturated heterocycles. The molecular formula is C20H27N5O4S2. The lowest BCUT2D eigenvalue weighted by Gasteiger charge is -2.26. The molecule has 2 heterocycles. The molecule has 2 aromatic rings. The number of carbonyl (C=O) groups excluding carboxylic acids is 1. The average molecular weight is 466 g/mol. The highest BCUT2D eigenvalue weighted by Gasteiger charge is 2.29. The van der Waals surface area contributed by atoms with Gasteiger partial charge in [-0.2, -0.15) is 4.31 Å². The van der Waals surface area contributed by atoms with Gasteiger partial charge in [-0.3, -0.25) is 4.79 Å². The predicted molar refractivity (Wildman–Crippen MR) is 118 cm³/mol. The maximum absolute atomic E-state index is 13.0. The number of piperidine rings is 1. The quantitative estimate of drug-likeness (QED) is 0.598. The van der Waals surface area contributed by atoms with Gasteiger partial charge in [0.15, 0.2) is 5.16 Å². The fourth-order valence-corrected chi connectivity index (χ4v) is 6.11. The van der Waals surface area contributed by atoms with Gasteiger partial charge < -0.3 is 14.6 Å². The lowest BCUT2D eigenvalue weighted by molar-refractivity contribution is -0.113. The summed E-state index contributed by atoms with van der Waals surface area (Å²) < 4.78 is 34.9. The Morgan fingerprint density at radius 1 is 1.23 bits per heavy atom. The third kappa shape index (κ3) is 4.88. The van der Waals surface area contributed by atoms with Gasteiger partial charge in [0, 0.05) is 19.1 Å². The molecule has 9 nitrogen and oxygen atoms in total. The molecule has 0 unspecified atom stereocenters. The number of hydrogen-bond donors (Lipinski definition) is 1. The Labute approximate surface area is 186 Å². The predicted octanol–water partition coefficient (Wildman–Crippen LogP) is 2.84. The third-order valence-electron chi connectivity index (χ3n) is 5.48. The van der Waals surface area contributed by atoms with E-state index >= 15 is 0 Å². The molecule has 2 aliphatic rings. The number of ether oxygens (including phenoxy) is 1. The molecule has 1 amide bonds. The third-order valence-corrected chi connectivity index (χ3v) is 8.31. The molecule has 1 N–H and O–H groups in total. The molecule has 1 aromatic heterocycles. The number of carbonyl (C=O) groups is 1. The highest BCUT2D eigenvalue weighted by molar-refractivity contribution is 7.99. The summed E-state index contributed by atoms with van der Waals surface area (Å²) in [6.07, 6.45) is 4.98. The molecule has 1 aliphatic heterocycles. The van der Waals surface area contributed by atoms with Crippen molar-refractivity contribution in [2.75, 3.05) is 31.3 Å². The van der Waals surface area contributed by atoms with Gasteiger partial charge in [0.05, 0.1) is 23.4 Å². The van der Waals surface area contributed by atoms with E-state index in [9.17, 15) is 13.2 Å². The standard InChI is InChI=1S/C20H27N5O4S2/c1-14-22-23-20(25(14)15-6-7-15)30-13-19(26)21-17-12-16(8-9-18(17)29-2)31(27,28)24-10-4-3-5-11-24/h8-9,12,15H,3-7,10-11,13H2,1-2H3,(H,21,26). The summed E-state index contributed by atoms with van der Waals surface area (Å²) in [7, 11) is -2.12. The van der Waals surface area contributed by atoms with Gasteiger partial charge >= 0.3 is 0 Å². The van der Waals surface area contributed by atoms with Crippen LogP contribution in [0.15, 0.2) is 28.3 Å². The molecule has 1 aromatic carbocycles. The van der Waals surface area contributed by atoms with Crippen LogP contribution in [0.2, 0.25) is 0 Å². The van der Waals surface area contributed by atoms with Crippen molar-refractivity contribution in [2.45, 2.75) is 55.1 Å². The summed E-state index contributed by atoms with van der Waals surface area (Å²) in [5.74, 6) is 1.13. The number of nitrogens with one attached hydrogen (secondary N) is 1. The van der Waals surface area contributed by atoms with Crippen LogP contribution in [0.4, 0.5) is 5.69 Å². The summed E-state index contributed by atoms with van der Waals surface area (Å²) in [5.41, 5.74) is 0.339. The van der Waals surface area contributed by atoms with Gasteiger partial charge in [0.2, 0.25) is 15.9 Å². The summed E-state index contributed by atoms with van der Waals surface area (Å²) in [5, 5.41) is 11.8. The van der Waals surface area contributed by atoms with Crippen LogP contribution >= 0.6 is 11.8 Å². The van der Waals surface area contributed by atoms with Gasteiger partial charge in [-0.1, -0.05) is 18.2 Å². The normalized spacial score (nSPS) is 17.5. The number of amides is 1. The molecule has 1 aliphatic carbocycles. The van der Waals surface area contributed by atoms with Crippen molar-refractivity contribution in [1.29, 1.82) is 0 Å². The molecule has 4 rings (SSSR count). The SMILES string of the molecule is COc1ccc(S(=O)(=O)N2CCCCC2)cc1NC(=O)CSc1nnc(C)n1C1CC1. The lowest BCUT2D eigenvalue weighted by Crippen LogP contribution is -2.35. The topological polar surface area (TPSA) is 106 Å². The number of aryl methyl sites for hydroxylation is 1. The summed E-state index contributed by atoms with van der Waals surface area (Å²) in [4.78, 5) is 12.8. The Balaban J connectivity index is 1.47. The Hall–Kier alpha value is -2.11. The number of benzene rings is 1. The van der Waals surface area contributed by atoms with Crippen molar-refractivity contribution >= 4 is 33.4 Å². The van der Waals surface area contributed by atoms with E-state index in [1.807, 2.05) is 6.92 Å². The van der Waals surface area contributed by atoms with Crippen molar-refractivity contribution in [1.82, 2.24) is 19.1 Å². The van der Waals surface area contributed by atoms with Crippen LogP contribution < -0.4 is 10.1 Å². The number of sulfonamides is 1. The van der Waals surface area contributed by atoms with Crippen LogP contribution in [0, 0.1) is 6.92 Å². The van der Waals surface area contributed by atoms with Crippen molar-refractivity contribution < 1.29 is 17.9 Å². The maximum Gasteiger partial charge on any atom is 0.243 e. The van der Waals surface area contributed by atoms with E-state index in [1.165, 1.54) is 35.3 Å². The summed E-state index contributed by atoms with van der Waals surface area (Å²) in [6, 6.07) is 5.00. The van der Waals surface area contributed by atoms with Crippen molar-refractivity contribution in [2.24, 2.45) is 0 Å². The average Bonchev–Trinajstić information content (AvgIpc) is 3.54. The van der Waals surface area contributed by atoms with E-state index in [1.54, 1.807) is 6.07 Å². The van der Waals surface area contributed by atoms with Gasteiger partial charge in [-0.15, -0.1) is 10.2 Å². The number of rotatable bonds is 8. The van der Waals surface area contributed by atoms with E-state index in [2.05, 4.69) is 20.1 Å². The van der Waals surface area contributed by atoms with Crippen molar-refractivity contribution in [3.05, 3.63) is 24.0 Å². The molecule has 0 spiro atoms. The van der Waals surface area contributed by atoms with Gasteiger partial charge in [0.1, 0.15) is 11.6 Å². The lowest BCUT2D eigenvalue weighted by atomic mass is 10.2. The van der Waals surface area contributed by atoms with Crippen LogP contribution in [-0.2, 0) is 14.8 Å². The highest BCUT2D eigenvalue weighted by atomic mass is 32.2. The highest BCUT2D eigenvalue weighted by Crippen LogP contribution is 2.38. The van der Waals surface area contributed by atoms with Crippen LogP contribution in [0.5, 0.6) is 5.75 Å². The zero-order chi connectivity index (χ0) is 22.0. The van der Waals surface area contributed by atoms with Gasteiger partial charge in [0.25, 0.3) is 0 Å². The molecule has 168 valence electrons. The fourth-order valence-electron chi connectivity index (χ4n) is 3.72. The first-order chi connectivity index (χ1) is 14.9. The number of aromatic nitrogens is 3. The molecule has 0 radical (unpaired) electrons. The van der Waals surface area contributed by atoms with E-state index in [-0.39, 0.29) is 16.6 Å². The first-order valence-electron chi connectivity index (χ1n) is 10.4. The molecule has 0 atom stereocenters. The number of nitrogens with zero attached hydrogens (tertiary/aromatic N) is 4. The number of hydrogen-bond acceptors (Lipinski definition) is 7. The Bertz CT molecular complexity index is 1060.